The van der Waals surface area contributed by atoms with Gasteiger partial charge in [-0.15, -0.1) is 0 Å². The van der Waals surface area contributed by atoms with Gasteiger partial charge in [0.05, 0.1) is 44.1 Å². The minimum absolute atomic E-state index is 0.0475. The predicted molar refractivity (Wildman–Crippen MR) is 113 cm³/mol. The lowest BCUT2D eigenvalue weighted by molar-refractivity contribution is 0.0162. The van der Waals surface area contributed by atoms with E-state index in [1.54, 1.807) is 32.4 Å². The van der Waals surface area contributed by atoms with Crippen molar-refractivity contribution in [3.05, 3.63) is 57.6 Å². The minimum atomic E-state index is -0.245. The monoisotopic (exact) mass is 438 g/mol. The smallest absolute Gasteiger partial charge is 0.252 e. The summed E-state index contributed by atoms with van der Waals surface area (Å²) in [5, 5.41) is 3.81. The van der Waals surface area contributed by atoms with Crippen LogP contribution in [0.3, 0.4) is 0 Å². The van der Waals surface area contributed by atoms with Gasteiger partial charge in [0.25, 0.3) is 5.91 Å². The van der Waals surface area contributed by atoms with Gasteiger partial charge in [-0.3, -0.25) is 9.69 Å². The van der Waals surface area contributed by atoms with Gasteiger partial charge in [0.1, 0.15) is 0 Å². The van der Waals surface area contributed by atoms with Crippen molar-refractivity contribution in [2.24, 2.45) is 0 Å². The molecule has 1 fully saturated rings. The molecule has 0 saturated carbocycles. The summed E-state index contributed by atoms with van der Waals surface area (Å²) in [6.45, 7) is 3.27. The molecule has 3 rings (SSSR count). The number of ether oxygens (including phenoxy) is 3. The first-order valence-corrected chi connectivity index (χ1v) is 10.1. The zero-order chi connectivity index (χ0) is 20.8. The third kappa shape index (κ3) is 5.34. The van der Waals surface area contributed by atoms with E-state index in [1.807, 2.05) is 18.2 Å². The number of carbonyl (C=O) groups excluding carboxylic acids is 1. The van der Waals surface area contributed by atoms with E-state index in [0.717, 1.165) is 18.7 Å². The molecule has 6 nitrogen and oxygen atoms in total. The van der Waals surface area contributed by atoms with Crippen LogP contribution in [0.15, 0.2) is 36.4 Å². The van der Waals surface area contributed by atoms with Crippen LogP contribution < -0.4 is 14.8 Å². The Hall–Kier alpha value is -1.99. The highest BCUT2D eigenvalue weighted by molar-refractivity contribution is 6.36. The maximum absolute atomic E-state index is 12.7. The van der Waals surface area contributed by atoms with Crippen molar-refractivity contribution in [3.63, 3.8) is 0 Å². The van der Waals surface area contributed by atoms with Gasteiger partial charge in [-0.2, -0.15) is 0 Å². The zero-order valence-corrected chi connectivity index (χ0v) is 17.9. The highest BCUT2D eigenvalue weighted by atomic mass is 35.5. The largest absolute Gasteiger partial charge is 0.493 e. The Bertz CT molecular complexity index is 857. The van der Waals surface area contributed by atoms with Crippen LogP contribution in [0.4, 0.5) is 0 Å². The predicted octanol–water partition coefficient (Wildman–Crippen LogP) is 3.81. The molecule has 29 heavy (non-hydrogen) atoms. The number of nitrogens with zero attached hydrogens (tertiary/aromatic N) is 1. The number of benzene rings is 2. The molecule has 2 aromatic rings. The van der Waals surface area contributed by atoms with Crippen molar-refractivity contribution in [1.29, 1.82) is 0 Å². The lowest BCUT2D eigenvalue weighted by atomic mass is 10.0. The molecule has 0 spiro atoms. The molecule has 1 amide bonds. The third-order valence-corrected chi connectivity index (χ3v) is 5.46. The van der Waals surface area contributed by atoms with Crippen molar-refractivity contribution in [3.8, 4) is 11.5 Å². The second-order valence-corrected chi connectivity index (χ2v) is 7.46. The molecule has 8 heteroatoms. The first kappa shape index (κ1) is 21.7. The maximum Gasteiger partial charge on any atom is 0.252 e. The topological polar surface area (TPSA) is 60.0 Å². The number of hydrogen-bond acceptors (Lipinski definition) is 5. The average molecular weight is 439 g/mol. The molecule has 0 unspecified atom stereocenters. The first-order chi connectivity index (χ1) is 14.0. The van der Waals surface area contributed by atoms with Gasteiger partial charge in [-0.05, 0) is 35.9 Å². The quantitative estimate of drug-likeness (QED) is 0.711. The third-order valence-electron chi connectivity index (χ3n) is 4.91. The first-order valence-electron chi connectivity index (χ1n) is 9.30. The fourth-order valence-electron chi connectivity index (χ4n) is 3.37. The number of morpholine rings is 1. The highest BCUT2D eigenvalue weighted by Gasteiger charge is 2.25. The summed E-state index contributed by atoms with van der Waals surface area (Å²) < 4.78 is 16.3. The van der Waals surface area contributed by atoms with E-state index in [9.17, 15) is 4.79 Å². The molecule has 156 valence electrons. The molecule has 1 atom stereocenters. The molecule has 1 aliphatic heterocycles. The van der Waals surface area contributed by atoms with E-state index in [-0.39, 0.29) is 11.9 Å². The van der Waals surface area contributed by atoms with Crippen LogP contribution in [0.2, 0.25) is 10.0 Å². The number of nitrogens with one attached hydrogen (secondary N) is 1. The molecule has 1 heterocycles. The Morgan fingerprint density at radius 2 is 1.83 bits per heavy atom. The molecule has 1 N–H and O–H groups in total. The fourth-order valence-corrected chi connectivity index (χ4v) is 3.86. The van der Waals surface area contributed by atoms with Crippen molar-refractivity contribution >= 4 is 29.1 Å². The molecular weight excluding hydrogens is 415 g/mol. The maximum atomic E-state index is 12.7. The molecule has 0 aromatic heterocycles. The summed E-state index contributed by atoms with van der Waals surface area (Å²) in [4.78, 5) is 15.0. The van der Waals surface area contributed by atoms with E-state index in [2.05, 4.69) is 10.2 Å². The van der Waals surface area contributed by atoms with Crippen molar-refractivity contribution in [2.75, 3.05) is 47.1 Å². The molecule has 0 aliphatic carbocycles. The number of rotatable bonds is 7. The molecule has 1 aliphatic rings. The van der Waals surface area contributed by atoms with Crippen LogP contribution in [-0.2, 0) is 4.74 Å². The molecule has 1 saturated heterocycles. The Kier molecular flexibility index (Phi) is 7.61. The minimum Gasteiger partial charge on any atom is -0.493 e. The lowest BCUT2D eigenvalue weighted by Crippen LogP contribution is -2.43. The fraction of sp³-hybridized carbons (Fsp3) is 0.381. The number of amides is 1. The summed E-state index contributed by atoms with van der Waals surface area (Å²) in [5.41, 5.74) is 1.41. The average Bonchev–Trinajstić information content (AvgIpc) is 2.74. The second kappa shape index (κ2) is 10.2. The van der Waals surface area contributed by atoms with E-state index >= 15 is 0 Å². The normalized spacial score (nSPS) is 15.6. The lowest BCUT2D eigenvalue weighted by Gasteiger charge is -2.35. The van der Waals surface area contributed by atoms with Gasteiger partial charge >= 0.3 is 0 Å². The van der Waals surface area contributed by atoms with Crippen molar-refractivity contribution < 1.29 is 19.0 Å². The zero-order valence-electron chi connectivity index (χ0n) is 16.4. The van der Waals surface area contributed by atoms with E-state index < -0.39 is 0 Å². The highest BCUT2D eigenvalue weighted by Crippen LogP contribution is 2.32. The Morgan fingerprint density at radius 1 is 1.10 bits per heavy atom. The molecule has 0 radical (unpaired) electrons. The standard InChI is InChI=1S/C21H24Cl2N2O4/c1-27-19-6-3-14(11-20(19)28-2)18(25-7-9-29-10-8-25)13-24-21(26)16-5-4-15(22)12-17(16)23/h3-6,11-12,18H,7-10,13H2,1-2H3,(H,24,26)/t18-/m0/s1. The van der Waals surface area contributed by atoms with Crippen LogP contribution >= 0.6 is 23.2 Å². The summed E-state index contributed by atoms with van der Waals surface area (Å²) in [7, 11) is 3.21. The van der Waals surface area contributed by atoms with Crippen LogP contribution in [0.5, 0.6) is 11.5 Å². The Balaban J connectivity index is 1.81. The Morgan fingerprint density at radius 3 is 2.48 bits per heavy atom. The second-order valence-electron chi connectivity index (χ2n) is 6.61. The number of halogens is 2. The van der Waals surface area contributed by atoms with Crippen LogP contribution in [-0.4, -0.2) is 57.9 Å². The van der Waals surface area contributed by atoms with Crippen LogP contribution in [0, 0.1) is 0 Å². The summed E-state index contributed by atoms with van der Waals surface area (Å²) in [5.74, 6) is 1.06. The number of hydrogen-bond donors (Lipinski definition) is 1. The van der Waals surface area contributed by atoms with Gasteiger partial charge in [0.15, 0.2) is 11.5 Å². The van der Waals surface area contributed by atoms with Gasteiger partial charge in [-0.1, -0.05) is 29.3 Å². The van der Waals surface area contributed by atoms with E-state index in [0.29, 0.717) is 46.9 Å². The van der Waals surface area contributed by atoms with Crippen molar-refractivity contribution in [1.82, 2.24) is 10.2 Å². The van der Waals surface area contributed by atoms with Gasteiger partial charge in [0, 0.05) is 24.7 Å². The molecule has 0 bridgehead atoms. The SMILES string of the molecule is COc1ccc([C@H](CNC(=O)c2ccc(Cl)cc2Cl)N2CCOCC2)cc1OC. The van der Waals surface area contributed by atoms with Gasteiger partial charge < -0.3 is 19.5 Å². The molecule has 2 aromatic carbocycles. The van der Waals surface area contributed by atoms with Crippen LogP contribution in [0.1, 0.15) is 22.0 Å². The summed E-state index contributed by atoms with van der Waals surface area (Å²) >= 11 is 12.1. The van der Waals surface area contributed by atoms with Gasteiger partial charge in [-0.25, -0.2) is 0 Å². The Labute approximate surface area is 180 Å². The van der Waals surface area contributed by atoms with Crippen LogP contribution in [0.25, 0.3) is 0 Å². The number of carbonyl (C=O) groups is 1. The summed E-state index contributed by atoms with van der Waals surface area (Å²) in [6.07, 6.45) is 0. The number of methoxy groups -OCH3 is 2. The van der Waals surface area contributed by atoms with Crippen molar-refractivity contribution in [2.45, 2.75) is 6.04 Å². The van der Waals surface area contributed by atoms with E-state index in [1.165, 1.54) is 0 Å². The molecular formula is C21H24Cl2N2O4. The van der Waals surface area contributed by atoms with Gasteiger partial charge in [0.2, 0.25) is 0 Å². The van der Waals surface area contributed by atoms with E-state index in [4.69, 9.17) is 37.4 Å². The summed E-state index contributed by atoms with van der Waals surface area (Å²) in [6, 6.07) is 10.6.